The van der Waals surface area contributed by atoms with Crippen LogP contribution in [0.15, 0.2) is 0 Å². The molecule has 0 heterocycles. The van der Waals surface area contributed by atoms with Crippen molar-refractivity contribution in [1.82, 2.24) is 0 Å². The number of hydrogen-bond donors (Lipinski definition) is 0. The maximum absolute atomic E-state index is 4.86. The number of ether oxygens (including phenoxy) is 1. The third-order valence-electron chi connectivity index (χ3n) is 0.705. The Hall–Kier alpha value is 0.680. The van der Waals surface area contributed by atoms with E-state index >= 15 is 0 Å². The van der Waals surface area contributed by atoms with Crippen molar-refractivity contribution in [2.24, 2.45) is 0 Å². The van der Waals surface area contributed by atoms with Gasteiger partial charge in [-0.05, 0) is 6.42 Å². The SMILES string of the molecule is CCC(P)OC.Cl. The van der Waals surface area contributed by atoms with Crippen molar-refractivity contribution in [2.45, 2.75) is 19.2 Å². The summed E-state index contributed by atoms with van der Waals surface area (Å²) in [5.74, 6) is 0.352. The quantitative estimate of drug-likeness (QED) is 0.533. The van der Waals surface area contributed by atoms with Gasteiger partial charge in [0, 0.05) is 7.11 Å². The molecule has 3 heteroatoms. The first-order chi connectivity index (χ1) is 2.81. The number of hydrogen-bond acceptors (Lipinski definition) is 1. The van der Waals surface area contributed by atoms with Crippen molar-refractivity contribution in [3.63, 3.8) is 0 Å². The first-order valence-electron chi connectivity index (χ1n) is 2.09. The average molecular weight is 143 g/mol. The lowest BCUT2D eigenvalue weighted by Crippen LogP contribution is -1.95. The summed E-state index contributed by atoms with van der Waals surface area (Å²) in [6, 6.07) is 0. The van der Waals surface area contributed by atoms with E-state index in [-0.39, 0.29) is 12.4 Å². The molecule has 2 unspecified atom stereocenters. The smallest absolute Gasteiger partial charge is 0.0702 e. The average Bonchev–Trinajstić information content (AvgIpc) is 1.65. The topological polar surface area (TPSA) is 9.23 Å². The minimum Gasteiger partial charge on any atom is -0.378 e. The highest BCUT2D eigenvalue weighted by molar-refractivity contribution is 7.17. The molecule has 0 aromatic carbocycles. The molecular formula is C4H12ClOP. The van der Waals surface area contributed by atoms with Crippen LogP contribution in [0.4, 0.5) is 0 Å². The van der Waals surface area contributed by atoms with Gasteiger partial charge < -0.3 is 4.74 Å². The van der Waals surface area contributed by atoms with Crippen LogP contribution in [-0.4, -0.2) is 13.0 Å². The van der Waals surface area contributed by atoms with Gasteiger partial charge in [0.2, 0.25) is 0 Å². The molecule has 0 N–H and O–H groups in total. The first-order valence-corrected chi connectivity index (χ1v) is 2.76. The monoisotopic (exact) mass is 142 g/mol. The highest BCUT2D eigenvalue weighted by Gasteiger charge is 1.88. The number of halogens is 1. The zero-order valence-corrected chi connectivity index (χ0v) is 6.65. The molecular weight excluding hydrogens is 130 g/mol. The highest BCUT2D eigenvalue weighted by atomic mass is 35.5. The van der Waals surface area contributed by atoms with Gasteiger partial charge in [-0.2, -0.15) is 0 Å². The molecule has 7 heavy (non-hydrogen) atoms. The Morgan fingerprint density at radius 2 is 2.14 bits per heavy atom. The van der Waals surface area contributed by atoms with Crippen LogP contribution in [0.25, 0.3) is 0 Å². The summed E-state index contributed by atoms with van der Waals surface area (Å²) >= 11 is 0. The van der Waals surface area contributed by atoms with E-state index in [1.807, 2.05) is 0 Å². The molecule has 2 atom stereocenters. The van der Waals surface area contributed by atoms with Gasteiger partial charge in [-0.1, -0.05) is 6.92 Å². The van der Waals surface area contributed by atoms with E-state index in [1.165, 1.54) is 0 Å². The second-order valence-corrected chi connectivity index (χ2v) is 1.93. The van der Waals surface area contributed by atoms with Crippen molar-refractivity contribution >= 4 is 21.6 Å². The summed E-state index contributed by atoms with van der Waals surface area (Å²) in [4.78, 5) is 0. The summed E-state index contributed by atoms with van der Waals surface area (Å²) in [5, 5.41) is 0. The normalized spacial score (nSPS) is 12.4. The van der Waals surface area contributed by atoms with Gasteiger partial charge in [-0.3, -0.25) is 0 Å². The largest absolute Gasteiger partial charge is 0.378 e. The molecule has 0 fully saturated rings. The van der Waals surface area contributed by atoms with Crippen molar-refractivity contribution < 1.29 is 4.74 Å². The lowest BCUT2D eigenvalue weighted by Gasteiger charge is -2.01. The predicted molar refractivity (Wildman–Crippen MR) is 38.0 cm³/mol. The Kier molecular flexibility index (Phi) is 10.1. The maximum atomic E-state index is 4.86. The molecule has 0 aromatic heterocycles. The molecule has 0 aliphatic rings. The van der Waals surface area contributed by atoms with Gasteiger partial charge in [0.25, 0.3) is 0 Å². The minimum absolute atomic E-state index is 0. The molecule has 0 aromatic rings. The van der Waals surface area contributed by atoms with Crippen LogP contribution in [0.5, 0.6) is 0 Å². The van der Waals surface area contributed by atoms with Crippen LogP contribution in [0, 0.1) is 0 Å². The minimum atomic E-state index is 0. The van der Waals surface area contributed by atoms with Gasteiger partial charge in [0.1, 0.15) is 0 Å². The van der Waals surface area contributed by atoms with Crippen molar-refractivity contribution in [3.8, 4) is 0 Å². The van der Waals surface area contributed by atoms with E-state index in [1.54, 1.807) is 7.11 Å². The molecule has 0 saturated carbocycles. The summed E-state index contributed by atoms with van der Waals surface area (Å²) in [7, 11) is 4.30. The standard InChI is InChI=1S/C4H11OP.ClH/c1-3-4(6)5-2;/h4H,3,6H2,1-2H3;1H. The van der Waals surface area contributed by atoms with Crippen molar-refractivity contribution in [2.75, 3.05) is 7.11 Å². The molecule has 0 bridgehead atoms. The van der Waals surface area contributed by atoms with Gasteiger partial charge in [-0.15, -0.1) is 21.6 Å². The summed E-state index contributed by atoms with van der Waals surface area (Å²) in [5.41, 5.74) is 0. The maximum Gasteiger partial charge on any atom is 0.0702 e. The Morgan fingerprint density at radius 3 is 2.14 bits per heavy atom. The van der Waals surface area contributed by atoms with Gasteiger partial charge >= 0.3 is 0 Å². The fraction of sp³-hybridized carbons (Fsp3) is 1.00. The number of methoxy groups -OCH3 is 1. The van der Waals surface area contributed by atoms with E-state index in [0.717, 1.165) is 6.42 Å². The first kappa shape index (κ1) is 10.6. The van der Waals surface area contributed by atoms with Crippen LogP contribution in [-0.2, 0) is 4.74 Å². The number of rotatable bonds is 2. The fourth-order valence-electron chi connectivity index (χ4n) is 0.167. The Morgan fingerprint density at radius 1 is 1.71 bits per heavy atom. The van der Waals surface area contributed by atoms with Gasteiger partial charge in [0.15, 0.2) is 0 Å². The Balaban J connectivity index is 0. The molecule has 0 aliphatic carbocycles. The third kappa shape index (κ3) is 6.68. The zero-order chi connectivity index (χ0) is 4.99. The summed E-state index contributed by atoms with van der Waals surface area (Å²) in [6.45, 7) is 2.08. The lowest BCUT2D eigenvalue weighted by atomic mass is 10.5. The second kappa shape index (κ2) is 6.68. The Bertz CT molecular complexity index is 30.9. The molecule has 0 aliphatic heterocycles. The zero-order valence-electron chi connectivity index (χ0n) is 4.68. The molecule has 0 saturated heterocycles. The van der Waals surface area contributed by atoms with Crippen LogP contribution < -0.4 is 0 Å². The van der Waals surface area contributed by atoms with E-state index in [2.05, 4.69) is 16.2 Å². The molecule has 0 amide bonds. The third-order valence-corrected chi connectivity index (χ3v) is 1.45. The van der Waals surface area contributed by atoms with Crippen LogP contribution in [0.3, 0.4) is 0 Å². The predicted octanol–water partition coefficient (Wildman–Crippen LogP) is 1.67. The van der Waals surface area contributed by atoms with Gasteiger partial charge in [0.05, 0.1) is 5.85 Å². The lowest BCUT2D eigenvalue weighted by molar-refractivity contribution is 0.169. The van der Waals surface area contributed by atoms with Crippen molar-refractivity contribution in [1.29, 1.82) is 0 Å². The second-order valence-electron chi connectivity index (χ2n) is 1.18. The summed E-state index contributed by atoms with van der Waals surface area (Å²) < 4.78 is 4.86. The van der Waals surface area contributed by atoms with E-state index in [4.69, 9.17) is 4.74 Å². The van der Waals surface area contributed by atoms with Crippen LogP contribution in [0.1, 0.15) is 13.3 Å². The fourth-order valence-corrected chi connectivity index (χ4v) is 0.167. The van der Waals surface area contributed by atoms with Crippen LogP contribution in [0.2, 0.25) is 0 Å². The van der Waals surface area contributed by atoms with E-state index < -0.39 is 0 Å². The van der Waals surface area contributed by atoms with Crippen molar-refractivity contribution in [3.05, 3.63) is 0 Å². The van der Waals surface area contributed by atoms with Crippen LogP contribution >= 0.6 is 21.6 Å². The molecule has 1 nitrogen and oxygen atoms in total. The molecule has 0 radical (unpaired) electrons. The van der Waals surface area contributed by atoms with E-state index in [0.29, 0.717) is 5.85 Å². The van der Waals surface area contributed by atoms with E-state index in [9.17, 15) is 0 Å². The molecule has 0 spiro atoms. The van der Waals surface area contributed by atoms with Gasteiger partial charge in [-0.25, -0.2) is 0 Å². The molecule has 46 valence electrons. The highest BCUT2D eigenvalue weighted by Crippen LogP contribution is 2.02. The summed E-state index contributed by atoms with van der Waals surface area (Å²) in [6.07, 6.45) is 1.07. The molecule has 0 rings (SSSR count). The Labute approximate surface area is 53.4 Å².